The number of carbonyl (C=O) groups is 6. The third-order valence-corrected chi connectivity index (χ3v) is 9.04. The molecule has 4 aliphatic carbocycles. The second-order valence-electron chi connectivity index (χ2n) is 11.5. The Hall–Kier alpha value is -3.50. The zero-order chi connectivity index (χ0) is 28.4. The van der Waals surface area contributed by atoms with Gasteiger partial charge in [-0.1, -0.05) is 12.1 Å². The van der Waals surface area contributed by atoms with Crippen LogP contribution in [0.25, 0.3) is 0 Å². The monoisotopic (exact) mass is 536 g/mol. The quantitative estimate of drug-likeness (QED) is 0.453. The van der Waals surface area contributed by atoms with Gasteiger partial charge in [0.1, 0.15) is 5.75 Å². The molecule has 0 saturated heterocycles. The zero-order valence-corrected chi connectivity index (χ0v) is 21.9. The van der Waals surface area contributed by atoms with Crippen LogP contribution in [-0.2, 0) is 36.8 Å². The largest absolute Gasteiger partial charge is 0.507 e. The van der Waals surface area contributed by atoms with E-state index in [9.17, 15) is 39.0 Å². The van der Waals surface area contributed by atoms with Gasteiger partial charge in [-0.25, -0.2) is 0 Å². The first-order valence-electron chi connectivity index (χ1n) is 13.3. The lowest BCUT2D eigenvalue weighted by molar-refractivity contribution is -0.181. The van der Waals surface area contributed by atoms with E-state index in [0.29, 0.717) is 17.5 Å². The van der Waals surface area contributed by atoms with Crippen molar-refractivity contribution in [2.24, 2.45) is 29.4 Å². The minimum absolute atomic E-state index is 0.0297. The van der Waals surface area contributed by atoms with Crippen LogP contribution in [0.5, 0.6) is 5.75 Å². The van der Waals surface area contributed by atoms with Crippen LogP contribution < -0.4 is 5.73 Å². The Morgan fingerprint density at radius 3 is 2.44 bits per heavy atom. The van der Waals surface area contributed by atoms with Gasteiger partial charge in [-0.15, -0.1) is 0 Å². The van der Waals surface area contributed by atoms with Gasteiger partial charge >= 0.3 is 0 Å². The first kappa shape index (κ1) is 27.1. The van der Waals surface area contributed by atoms with E-state index in [0.717, 1.165) is 24.8 Å². The molecule has 6 atom stereocenters. The van der Waals surface area contributed by atoms with E-state index in [1.807, 2.05) is 6.08 Å². The van der Waals surface area contributed by atoms with Crippen molar-refractivity contribution in [2.45, 2.75) is 56.6 Å². The summed E-state index contributed by atoms with van der Waals surface area (Å²) in [5.74, 6) is -10.9. The number of rotatable bonds is 5. The SMILES string of the molecule is CN(C)[C@@H]1C(=O)C(C(N)=O)C(=O)[C@@]2(O)C(=O)C3C(=O)c4c(O)ccc(CC(=O)C5=CCCCC5)c4C[C@H]3C[C@@H]12. The van der Waals surface area contributed by atoms with Crippen molar-refractivity contribution in [3.63, 3.8) is 0 Å². The highest BCUT2D eigenvalue weighted by atomic mass is 16.3. The summed E-state index contributed by atoms with van der Waals surface area (Å²) >= 11 is 0. The summed E-state index contributed by atoms with van der Waals surface area (Å²) in [5.41, 5.74) is 4.28. The van der Waals surface area contributed by atoms with Crippen LogP contribution >= 0.6 is 0 Å². The van der Waals surface area contributed by atoms with Gasteiger partial charge in [0, 0.05) is 12.3 Å². The third kappa shape index (κ3) is 4.00. The third-order valence-electron chi connectivity index (χ3n) is 9.04. The smallest absolute Gasteiger partial charge is 0.235 e. The van der Waals surface area contributed by atoms with E-state index < -0.39 is 64.4 Å². The Kier molecular flexibility index (Phi) is 6.67. The number of carbonyl (C=O) groups excluding carboxylic acids is 6. The summed E-state index contributed by atoms with van der Waals surface area (Å²) in [6, 6.07) is 1.77. The first-order valence-corrected chi connectivity index (χ1v) is 13.3. The summed E-state index contributed by atoms with van der Waals surface area (Å²) in [7, 11) is 3.08. The van der Waals surface area contributed by atoms with Gasteiger partial charge in [0.25, 0.3) is 0 Å². The molecule has 4 N–H and O–H groups in total. The zero-order valence-electron chi connectivity index (χ0n) is 21.9. The number of aliphatic hydroxyl groups is 1. The maximum Gasteiger partial charge on any atom is 0.235 e. The Labute approximate surface area is 225 Å². The number of nitrogens with two attached hydrogens (primary N) is 1. The number of amides is 1. The number of benzene rings is 1. The highest BCUT2D eigenvalue weighted by molar-refractivity contribution is 6.32. The number of likely N-dealkylation sites (N-methyl/N-ethyl adjacent to an activating group) is 1. The van der Waals surface area contributed by atoms with E-state index >= 15 is 0 Å². The Bertz CT molecular complexity index is 1360. The molecule has 1 aromatic rings. The Morgan fingerprint density at radius 2 is 1.82 bits per heavy atom. The molecule has 5 rings (SSSR count). The van der Waals surface area contributed by atoms with E-state index in [4.69, 9.17) is 5.73 Å². The minimum Gasteiger partial charge on any atom is -0.507 e. The van der Waals surface area contributed by atoms with Gasteiger partial charge < -0.3 is 15.9 Å². The molecule has 2 unspecified atom stereocenters. The lowest BCUT2D eigenvalue weighted by atomic mass is 9.52. The second kappa shape index (κ2) is 9.60. The van der Waals surface area contributed by atoms with E-state index in [2.05, 4.69) is 0 Å². The summed E-state index contributed by atoms with van der Waals surface area (Å²) < 4.78 is 0. The van der Waals surface area contributed by atoms with Crippen LogP contribution in [0, 0.1) is 23.7 Å². The van der Waals surface area contributed by atoms with Crippen molar-refractivity contribution in [1.29, 1.82) is 0 Å². The van der Waals surface area contributed by atoms with Crippen molar-refractivity contribution in [3.05, 3.63) is 40.5 Å². The van der Waals surface area contributed by atoms with Crippen molar-refractivity contribution < 1.29 is 39.0 Å². The molecule has 1 aromatic carbocycles. The highest BCUT2D eigenvalue weighted by Gasteiger charge is 2.69. The molecule has 2 saturated carbocycles. The number of aromatic hydroxyl groups is 1. The molecule has 2 fully saturated rings. The molecule has 0 radical (unpaired) electrons. The molecule has 10 nitrogen and oxygen atoms in total. The van der Waals surface area contributed by atoms with Gasteiger partial charge in [0.05, 0.1) is 17.5 Å². The average Bonchev–Trinajstić information content (AvgIpc) is 2.88. The predicted octanol–water partition coefficient (Wildman–Crippen LogP) is 0.479. The lowest BCUT2D eigenvalue weighted by Gasteiger charge is -2.52. The second-order valence-corrected chi connectivity index (χ2v) is 11.5. The first-order chi connectivity index (χ1) is 18.4. The molecule has 0 bridgehead atoms. The number of allylic oxidation sites excluding steroid dienone is 2. The van der Waals surface area contributed by atoms with Crippen molar-refractivity contribution in [1.82, 2.24) is 4.90 Å². The average molecular weight is 537 g/mol. The number of phenols is 1. The molecule has 0 spiro atoms. The minimum atomic E-state index is -2.76. The van der Waals surface area contributed by atoms with E-state index in [1.165, 1.54) is 25.1 Å². The fraction of sp³-hybridized carbons (Fsp3) is 0.517. The normalized spacial score (nSPS) is 32.3. The lowest BCUT2D eigenvalue weighted by Crippen LogP contribution is -2.74. The molecule has 206 valence electrons. The summed E-state index contributed by atoms with van der Waals surface area (Å²) in [4.78, 5) is 80.7. The number of nitrogens with zero attached hydrogens (tertiary/aromatic N) is 1. The van der Waals surface area contributed by atoms with Crippen molar-refractivity contribution in [3.8, 4) is 5.75 Å². The Morgan fingerprint density at radius 1 is 1.10 bits per heavy atom. The molecule has 0 aromatic heterocycles. The van der Waals surface area contributed by atoms with Gasteiger partial charge in [-0.3, -0.25) is 33.7 Å². The van der Waals surface area contributed by atoms with Gasteiger partial charge in [-0.2, -0.15) is 0 Å². The maximum atomic E-state index is 13.9. The number of phenolic OH excluding ortho intramolecular Hbond substituents is 1. The molecule has 39 heavy (non-hydrogen) atoms. The van der Waals surface area contributed by atoms with E-state index in [-0.39, 0.29) is 36.4 Å². The Balaban J connectivity index is 1.57. The fourth-order valence-corrected chi connectivity index (χ4v) is 7.21. The molecule has 4 aliphatic rings. The van der Waals surface area contributed by atoms with Gasteiger partial charge in [-0.05, 0) is 81.3 Å². The summed E-state index contributed by atoms with van der Waals surface area (Å²) in [6.07, 6.45) is 5.59. The van der Waals surface area contributed by atoms with Crippen molar-refractivity contribution >= 4 is 34.8 Å². The van der Waals surface area contributed by atoms with Gasteiger partial charge in [0.15, 0.2) is 40.4 Å². The number of primary amides is 1. The molecular weight excluding hydrogens is 504 g/mol. The summed E-state index contributed by atoms with van der Waals surface area (Å²) in [6.45, 7) is 0. The number of ketones is 5. The molecular formula is C29H32N2O8. The molecule has 10 heteroatoms. The highest BCUT2D eigenvalue weighted by Crippen LogP contribution is 2.51. The van der Waals surface area contributed by atoms with Crippen LogP contribution in [-0.4, -0.2) is 75.7 Å². The van der Waals surface area contributed by atoms with Crippen LogP contribution in [0.4, 0.5) is 0 Å². The number of fused-ring (bicyclic) bond motifs is 3. The molecule has 0 aliphatic heterocycles. The van der Waals surface area contributed by atoms with Crippen LogP contribution in [0.1, 0.15) is 53.6 Å². The summed E-state index contributed by atoms with van der Waals surface area (Å²) in [5, 5.41) is 22.3. The van der Waals surface area contributed by atoms with E-state index in [1.54, 1.807) is 6.07 Å². The maximum absolute atomic E-state index is 13.9. The standard InChI is InChI=1S/C29H32N2O8/c1-31(2)23-17-11-15-10-16-14(12-19(33)13-6-4-3-5-7-13)8-9-18(32)21(16)24(34)20(15)26(36)29(17,39)27(37)22(25(23)35)28(30)38/h6,8-9,15,17,20,22-23,32,39H,3-5,7,10-12H2,1-2H3,(H2,30,38)/t15-,17-,20?,22?,23-,29-/m0/s1. The topological polar surface area (TPSA) is 172 Å². The van der Waals surface area contributed by atoms with Crippen LogP contribution in [0.2, 0.25) is 0 Å². The molecule has 0 heterocycles. The number of Topliss-reactive ketones (excluding diaryl/α,β-unsaturated/α-hetero) is 5. The van der Waals surface area contributed by atoms with Crippen molar-refractivity contribution in [2.75, 3.05) is 14.1 Å². The van der Waals surface area contributed by atoms with Crippen LogP contribution in [0.3, 0.4) is 0 Å². The number of hydrogen-bond donors (Lipinski definition) is 3. The predicted molar refractivity (Wildman–Crippen MR) is 137 cm³/mol. The molecule has 1 amide bonds. The van der Waals surface area contributed by atoms with Crippen LogP contribution in [0.15, 0.2) is 23.8 Å². The fourth-order valence-electron chi connectivity index (χ4n) is 7.21. The van der Waals surface area contributed by atoms with Gasteiger partial charge in [0.2, 0.25) is 5.91 Å². The number of hydrogen-bond acceptors (Lipinski definition) is 9.